The van der Waals surface area contributed by atoms with Gasteiger partial charge < -0.3 is 4.90 Å². The SMILES string of the molecule is CN1CC2(CCC2)C1. The molecule has 1 aliphatic heterocycles. The summed E-state index contributed by atoms with van der Waals surface area (Å²) in [6.45, 7) is 2.76. The lowest BCUT2D eigenvalue weighted by atomic mass is 9.64. The molecule has 0 bridgehead atoms. The Morgan fingerprint density at radius 3 is 2.00 bits per heavy atom. The zero-order valence-electron chi connectivity index (χ0n) is 5.48. The van der Waals surface area contributed by atoms with Crippen LogP contribution < -0.4 is 0 Å². The first-order chi connectivity index (χ1) is 3.81. The van der Waals surface area contributed by atoms with Gasteiger partial charge in [0, 0.05) is 13.1 Å². The Hall–Kier alpha value is -0.0400. The van der Waals surface area contributed by atoms with Crippen molar-refractivity contribution in [1.82, 2.24) is 4.90 Å². The van der Waals surface area contributed by atoms with E-state index in [1.165, 1.54) is 32.4 Å². The topological polar surface area (TPSA) is 3.24 Å². The van der Waals surface area contributed by atoms with Gasteiger partial charge in [-0.2, -0.15) is 0 Å². The van der Waals surface area contributed by atoms with Crippen LogP contribution >= 0.6 is 0 Å². The van der Waals surface area contributed by atoms with E-state index in [1.54, 1.807) is 0 Å². The highest BCUT2D eigenvalue weighted by molar-refractivity contribution is 4.98. The third-order valence-corrected chi connectivity index (χ3v) is 2.62. The standard InChI is InChI=1S/C7H13N/c1-8-5-7(6-8)3-2-4-7/h2-6H2,1H3. The van der Waals surface area contributed by atoms with E-state index < -0.39 is 0 Å². The highest BCUT2D eigenvalue weighted by atomic mass is 15.2. The maximum Gasteiger partial charge on any atom is 0.00474 e. The lowest BCUT2D eigenvalue weighted by molar-refractivity contribution is -0.0436. The average Bonchev–Trinajstić information content (AvgIpc) is 1.51. The zero-order chi connectivity index (χ0) is 5.61. The molecule has 0 aromatic heterocycles. The fourth-order valence-corrected chi connectivity index (χ4v) is 2.09. The Morgan fingerprint density at radius 2 is 1.88 bits per heavy atom. The van der Waals surface area contributed by atoms with Gasteiger partial charge in [0.05, 0.1) is 0 Å². The maximum atomic E-state index is 2.42. The van der Waals surface area contributed by atoms with Crippen LogP contribution in [0.3, 0.4) is 0 Å². The van der Waals surface area contributed by atoms with Crippen molar-refractivity contribution in [2.24, 2.45) is 5.41 Å². The molecule has 0 aromatic carbocycles. The summed E-state index contributed by atoms with van der Waals surface area (Å²) in [5, 5.41) is 0. The van der Waals surface area contributed by atoms with E-state index in [0.717, 1.165) is 5.41 Å². The molecule has 1 spiro atoms. The Bertz CT molecular complexity index is 97.0. The van der Waals surface area contributed by atoms with Crippen molar-refractivity contribution in [2.75, 3.05) is 20.1 Å². The normalized spacial score (nSPS) is 34.1. The van der Waals surface area contributed by atoms with E-state index in [1.807, 2.05) is 0 Å². The molecule has 0 aromatic rings. The molecule has 1 aliphatic carbocycles. The summed E-state index contributed by atoms with van der Waals surface area (Å²) in [6, 6.07) is 0. The number of likely N-dealkylation sites (tertiary alicyclic amines) is 1. The van der Waals surface area contributed by atoms with Crippen LogP contribution in [0.25, 0.3) is 0 Å². The minimum absolute atomic E-state index is 0.842. The summed E-state index contributed by atoms with van der Waals surface area (Å²) < 4.78 is 0. The van der Waals surface area contributed by atoms with E-state index in [4.69, 9.17) is 0 Å². The first-order valence-electron chi connectivity index (χ1n) is 3.49. The quantitative estimate of drug-likeness (QED) is 0.452. The second-order valence-corrected chi connectivity index (χ2v) is 3.53. The van der Waals surface area contributed by atoms with Gasteiger partial charge >= 0.3 is 0 Å². The molecule has 1 heterocycles. The van der Waals surface area contributed by atoms with E-state index in [2.05, 4.69) is 11.9 Å². The van der Waals surface area contributed by atoms with E-state index in [9.17, 15) is 0 Å². The summed E-state index contributed by atoms with van der Waals surface area (Å²) in [7, 11) is 2.21. The van der Waals surface area contributed by atoms with Crippen LogP contribution in [0.1, 0.15) is 19.3 Å². The van der Waals surface area contributed by atoms with Gasteiger partial charge in [-0.05, 0) is 25.3 Å². The van der Waals surface area contributed by atoms with Crippen LogP contribution in [0, 0.1) is 5.41 Å². The molecule has 2 aliphatic rings. The Morgan fingerprint density at radius 1 is 1.25 bits per heavy atom. The Balaban J connectivity index is 1.92. The molecule has 0 radical (unpaired) electrons. The average molecular weight is 111 g/mol. The summed E-state index contributed by atoms with van der Waals surface area (Å²) >= 11 is 0. The molecule has 0 atom stereocenters. The molecule has 1 heteroatoms. The number of hydrogen-bond donors (Lipinski definition) is 0. The van der Waals surface area contributed by atoms with Crippen LogP contribution in [-0.4, -0.2) is 25.0 Å². The minimum Gasteiger partial charge on any atom is -0.305 e. The van der Waals surface area contributed by atoms with Gasteiger partial charge in [0.15, 0.2) is 0 Å². The predicted molar refractivity (Wildman–Crippen MR) is 33.8 cm³/mol. The number of hydrogen-bond acceptors (Lipinski definition) is 1. The monoisotopic (exact) mass is 111 g/mol. The molecule has 8 heavy (non-hydrogen) atoms. The van der Waals surface area contributed by atoms with Crippen molar-refractivity contribution in [3.8, 4) is 0 Å². The van der Waals surface area contributed by atoms with Crippen molar-refractivity contribution >= 4 is 0 Å². The van der Waals surface area contributed by atoms with Gasteiger partial charge in [0.2, 0.25) is 0 Å². The highest BCUT2D eigenvalue weighted by Crippen LogP contribution is 2.47. The van der Waals surface area contributed by atoms with Gasteiger partial charge in [0.1, 0.15) is 0 Å². The fraction of sp³-hybridized carbons (Fsp3) is 1.00. The molecule has 2 rings (SSSR count). The third kappa shape index (κ3) is 0.455. The number of rotatable bonds is 0. The van der Waals surface area contributed by atoms with Crippen LogP contribution in [0.4, 0.5) is 0 Å². The van der Waals surface area contributed by atoms with E-state index >= 15 is 0 Å². The van der Waals surface area contributed by atoms with Crippen molar-refractivity contribution in [3.05, 3.63) is 0 Å². The van der Waals surface area contributed by atoms with Gasteiger partial charge in [-0.25, -0.2) is 0 Å². The van der Waals surface area contributed by atoms with E-state index in [-0.39, 0.29) is 0 Å². The van der Waals surface area contributed by atoms with Gasteiger partial charge in [-0.1, -0.05) is 6.42 Å². The predicted octanol–water partition coefficient (Wildman–Crippen LogP) is 1.10. The molecule has 46 valence electrons. The smallest absolute Gasteiger partial charge is 0.00474 e. The minimum atomic E-state index is 0.842. The summed E-state index contributed by atoms with van der Waals surface area (Å²) in [5.41, 5.74) is 0.842. The van der Waals surface area contributed by atoms with Gasteiger partial charge in [0.25, 0.3) is 0 Å². The second-order valence-electron chi connectivity index (χ2n) is 3.53. The summed E-state index contributed by atoms with van der Waals surface area (Å²) in [6.07, 6.45) is 4.52. The maximum absolute atomic E-state index is 2.42. The zero-order valence-corrected chi connectivity index (χ0v) is 5.48. The fourth-order valence-electron chi connectivity index (χ4n) is 2.09. The Labute approximate surface area is 50.7 Å². The molecule has 1 nitrogen and oxygen atoms in total. The lowest BCUT2D eigenvalue weighted by Crippen LogP contribution is -2.57. The van der Waals surface area contributed by atoms with Crippen molar-refractivity contribution in [3.63, 3.8) is 0 Å². The molecule has 0 unspecified atom stereocenters. The molecular formula is C7H13N. The van der Waals surface area contributed by atoms with Gasteiger partial charge in [-0.15, -0.1) is 0 Å². The lowest BCUT2D eigenvalue weighted by Gasteiger charge is -2.54. The Kier molecular flexibility index (Phi) is 0.762. The molecule has 0 N–H and O–H groups in total. The highest BCUT2D eigenvalue weighted by Gasteiger charge is 2.45. The first-order valence-corrected chi connectivity index (χ1v) is 3.49. The second kappa shape index (κ2) is 1.27. The summed E-state index contributed by atoms with van der Waals surface area (Å²) in [5.74, 6) is 0. The molecular weight excluding hydrogens is 98.1 g/mol. The van der Waals surface area contributed by atoms with Crippen LogP contribution in [0.5, 0.6) is 0 Å². The van der Waals surface area contributed by atoms with Crippen molar-refractivity contribution < 1.29 is 0 Å². The van der Waals surface area contributed by atoms with Crippen LogP contribution in [-0.2, 0) is 0 Å². The van der Waals surface area contributed by atoms with Crippen LogP contribution in [0.2, 0.25) is 0 Å². The molecule has 1 saturated carbocycles. The summed E-state index contributed by atoms with van der Waals surface area (Å²) in [4.78, 5) is 2.42. The number of nitrogens with zero attached hydrogens (tertiary/aromatic N) is 1. The molecule has 2 fully saturated rings. The largest absolute Gasteiger partial charge is 0.305 e. The molecule has 0 amide bonds. The first kappa shape index (κ1) is 4.80. The van der Waals surface area contributed by atoms with Crippen molar-refractivity contribution in [1.29, 1.82) is 0 Å². The van der Waals surface area contributed by atoms with Gasteiger partial charge in [-0.3, -0.25) is 0 Å². The van der Waals surface area contributed by atoms with Crippen LogP contribution in [0.15, 0.2) is 0 Å². The van der Waals surface area contributed by atoms with E-state index in [0.29, 0.717) is 0 Å². The van der Waals surface area contributed by atoms with Crippen molar-refractivity contribution in [2.45, 2.75) is 19.3 Å². The third-order valence-electron chi connectivity index (χ3n) is 2.62. The molecule has 1 saturated heterocycles.